The molecule has 0 saturated heterocycles. The number of likely N-dealkylation sites (N-methyl/N-ethyl adjacent to an activating group) is 1. The van der Waals surface area contributed by atoms with Gasteiger partial charge in [-0.25, -0.2) is 0 Å². The summed E-state index contributed by atoms with van der Waals surface area (Å²) >= 11 is 0. The fourth-order valence-electron chi connectivity index (χ4n) is 2.60. The average Bonchev–Trinajstić information content (AvgIpc) is 2.58. The molecule has 3 N–H and O–H groups in total. The Morgan fingerprint density at radius 3 is 2.40 bits per heavy atom. The highest BCUT2D eigenvalue weighted by atomic mass is 16.2. The average molecular weight is 340 g/mol. The van der Waals surface area contributed by atoms with Crippen molar-refractivity contribution in [3.05, 3.63) is 65.2 Å². The normalized spacial score (nSPS) is 11.6. The molecule has 1 unspecified atom stereocenters. The lowest BCUT2D eigenvalue weighted by Gasteiger charge is -2.14. The van der Waals surface area contributed by atoms with Gasteiger partial charge in [0, 0.05) is 11.3 Å². The summed E-state index contributed by atoms with van der Waals surface area (Å²) < 4.78 is 0. The Hall–Kier alpha value is -2.66. The van der Waals surface area contributed by atoms with Crippen molar-refractivity contribution >= 4 is 17.5 Å². The molecule has 0 bridgehead atoms. The van der Waals surface area contributed by atoms with Crippen molar-refractivity contribution in [2.24, 2.45) is 0 Å². The maximum Gasteiger partial charge on any atom is 0.275 e. The third kappa shape index (κ3) is 6.04. The monoisotopic (exact) mass is 340 g/mol. The van der Waals surface area contributed by atoms with Gasteiger partial charge in [0.05, 0.1) is 13.6 Å². The van der Waals surface area contributed by atoms with Gasteiger partial charge in [-0.1, -0.05) is 42.5 Å². The Labute approximate surface area is 149 Å². The summed E-state index contributed by atoms with van der Waals surface area (Å²) in [6.07, 6.45) is 0. The Kier molecular flexibility index (Phi) is 6.71. The molecule has 0 aliphatic heterocycles. The zero-order chi connectivity index (χ0) is 18.2. The van der Waals surface area contributed by atoms with Crippen molar-refractivity contribution < 1.29 is 14.5 Å². The van der Waals surface area contributed by atoms with Crippen LogP contribution < -0.4 is 15.5 Å². The van der Waals surface area contributed by atoms with Gasteiger partial charge in [0.1, 0.15) is 6.54 Å². The minimum atomic E-state index is -0.220. The van der Waals surface area contributed by atoms with E-state index >= 15 is 0 Å². The van der Waals surface area contributed by atoms with E-state index in [9.17, 15) is 9.59 Å². The van der Waals surface area contributed by atoms with E-state index in [1.165, 1.54) is 5.56 Å². The summed E-state index contributed by atoms with van der Waals surface area (Å²) in [5.41, 5.74) is 4.12. The number of aryl methyl sites for hydroxylation is 1. The largest absolute Gasteiger partial charge is 0.342 e. The Bertz CT molecular complexity index is 729. The number of amides is 2. The highest BCUT2D eigenvalue weighted by molar-refractivity contribution is 5.95. The van der Waals surface area contributed by atoms with E-state index in [2.05, 4.69) is 10.6 Å². The lowest BCUT2D eigenvalue weighted by molar-refractivity contribution is -0.885. The molecule has 0 heterocycles. The summed E-state index contributed by atoms with van der Waals surface area (Å²) in [7, 11) is 1.96. The van der Waals surface area contributed by atoms with Gasteiger partial charge in [-0.15, -0.1) is 0 Å². The highest BCUT2D eigenvalue weighted by Crippen LogP contribution is 2.17. The zero-order valence-corrected chi connectivity index (χ0v) is 15.1. The summed E-state index contributed by atoms with van der Waals surface area (Å²) in [5, 5.41) is 5.52. The van der Waals surface area contributed by atoms with Crippen molar-refractivity contribution in [3.63, 3.8) is 0 Å². The standard InChI is InChI=1S/C20H25N3O2/c1-15-8-7-11-18(16(15)2)22-19(24)12-21-20(25)14-23(3)13-17-9-5-4-6-10-17/h4-11H,12-14H2,1-3H3,(H,21,25)(H,22,24)/p+1. The number of hydrogen-bond acceptors (Lipinski definition) is 2. The maximum atomic E-state index is 12.0. The van der Waals surface area contributed by atoms with Crippen LogP contribution in [-0.4, -0.2) is 32.0 Å². The summed E-state index contributed by atoms with van der Waals surface area (Å²) in [6, 6.07) is 15.8. The molecule has 0 aliphatic rings. The fourth-order valence-corrected chi connectivity index (χ4v) is 2.60. The van der Waals surface area contributed by atoms with Crippen LogP contribution in [-0.2, 0) is 16.1 Å². The van der Waals surface area contributed by atoms with Gasteiger partial charge in [-0.05, 0) is 31.0 Å². The zero-order valence-electron chi connectivity index (χ0n) is 15.1. The Morgan fingerprint density at radius 2 is 1.68 bits per heavy atom. The van der Waals surface area contributed by atoms with Crippen molar-refractivity contribution in [1.29, 1.82) is 0 Å². The number of carbonyl (C=O) groups excluding carboxylic acids is 2. The van der Waals surface area contributed by atoms with Crippen LogP contribution in [0.5, 0.6) is 0 Å². The number of carbonyl (C=O) groups is 2. The van der Waals surface area contributed by atoms with Crippen LogP contribution in [0.25, 0.3) is 0 Å². The molecule has 1 atom stereocenters. The number of nitrogens with one attached hydrogen (secondary N) is 3. The van der Waals surface area contributed by atoms with E-state index in [0.717, 1.165) is 28.3 Å². The van der Waals surface area contributed by atoms with Gasteiger partial charge in [0.25, 0.3) is 5.91 Å². The summed E-state index contributed by atoms with van der Waals surface area (Å²) in [6.45, 7) is 5.03. The van der Waals surface area contributed by atoms with E-state index in [-0.39, 0.29) is 18.4 Å². The topological polar surface area (TPSA) is 62.6 Å². The Morgan fingerprint density at radius 1 is 0.960 bits per heavy atom. The molecule has 25 heavy (non-hydrogen) atoms. The van der Waals surface area contributed by atoms with Crippen molar-refractivity contribution in [2.75, 3.05) is 25.5 Å². The first-order valence-corrected chi connectivity index (χ1v) is 8.43. The van der Waals surface area contributed by atoms with Gasteiger partial charge in [0.15, 0.2) is 6.54 Å². The second-order valence-electron chi connectivity index (χ2n) is 6.37. The first-order valence-electron chi connectivity index (χ1n) is 8.43. The van der Waals surface area contributed by atoms with Crippen LogP contribution in [0.4, 0.5) is 5.69 Å². The molecule has 0 aliphatic carbocycles. The van der Waals surface area contributed by atoms with Crippen molar-refractivity contribution in [3.8, 4) is 0 Å². The van der Waals surface area contributed by atoms with Gasteiger partial charge in [0.2, 0.25) is 5.91 Å². The van der Waals surface area contributed by atoms with Crippen molar-refractivity contribution in [1.82, 2.24) is 5.32 Å². The predicted molar refractivity (Wildman–Crippen MR) is 99.5 cm³/mol. The molecular formula is C20H26N3O2+. The molecular weight excluding hydrogens is 314 g/mol. The molecule has 132 valence electrons. The minimum absolute atomic E-state index is 0.0230. The first kappa shape index (κ1) is 18.7. The lowest BCUT2D eigenvalue weighted by Crippen LogP contribution is -3.08. The molecule has 2 aromatic carbocycles. The summed E-state index contributed by atoms with van der Waals surface area (Å²) in [5.74, 6) is -0.354. The van der Waals surface area contributed by atoms with Gasteiger partial charge >= 0.3 is 0 Å². The third-order valence-electron chi connectivity index (χ3n) is 4.14. The predicted octanol–water partition coefficient (Wildman–Crippen LogP) is 1.07. The lowest BCUT2D eigenvalue weighted by atomic mass is 10.1. The molecule has 2 amide bonds. The van der Waals surface area contributed by atoms with Crippen LogP contribution in [0.1, 0.15) is 16.7 Å². The van der Waals surface area contributed by atoms with E-state index in [1.807, 2.05) is 69.4 Å². The number of anilines is 1. The molecule has 0 aromatic heterocycles. The molecule has 5 nitrogen and oxygen atoms in total. The molecule has 2 aromatic rings. The van der Waals surface area contributed by atoms with Crippen LogP contribution in [0.15, 0.2) is 48.5 Å². The number of rotatable bonds is 7. The molecule has 0 spiro atoms. The maximum absolute atomic E-state index is 12.0. The quantitative estimate of drug-likeness (QED) is 0.706. The van der Waals surface area contributed by atoms with Gasteiger partial charge in [-0.3, -0.25) is 9.59 Å². The fraction of sp³-hybridized carbons (Fsp3) is 0.300. The highest BCUT2D eigenvalue weighted by Gasteiger charge is 2.12. The van der Waals surface area contributed by atoms with Gasteiger partial charge < -0.3 is 15.5 Å². The molecule has 2 rings (SSSR count). The SMILES string of the molecule is Cc1cccc(NC(=O)CNC(=O)C[NH+](C)Cc2ccccc2)c1C. The van der Waals surface area contributed by atoms with E-state index < -0.39 is 0 Å². The number of benzene rings is 2. The Balaban J connectivity index is 1.75. The minimum Gasteiger partial charge on any atom is -0.342 e. The molecule has 0 saturated carbocycles. The molecule has 5 heteroatoms. The first-order chi connectivity index (χ1) is 12.0. The molecule has 0 radical (unpaired) electrons. The number of quaternary nitrogens is 1. The van der Waals surface area contributed by atoms with E-state index in [1.54, 1.807) is 0 Å². The third-order valence-corrected chi connectivity index (χ3v) is 4.14. The van der Waals surface area contributed by atoms with E-state index in [4.69, 9.17) is 0 Å². The van der Waals surface area contributed by atoms with Crippen molar-refractivity contribution in [2.45, 2.75) is 20.4 Å². The van der Waals surface area contributed by atoms with E-state index in [0.29, 0.717) is 6.54 Å². The smallest absolute Gasteiger partial charge is 0.275 e. The van der Waals surface area contributed by atoms with Crippen LogP contribution in [0.3, 0.4) is 0 Å². The second kappa shape index (κ2) is 8.99. The second-order valence-corrected chi connectivity index (χ2v) is 6.37. The summed E-state index contributed by atoms with van der Waals surface area (Å²) in [4.78, 5) is 25.1. The van der Waals surface area contributed by atoms with Crippen LogP contribution >= 0.6 is 0 Å². The van der Waals surface area contributed by atoms with Gasteiger partial charge in [-0.2, -0.15) is 0 Å². The molecule has 0 fully saturated rings. The van der Waals surface area contributed by atoms with Crippen LogP contribution in [0.2, 0.25) is 0 Å². The number of hydrogen-bond donors (Lipinski definition) is 3. The van der Waals surface area contributed by atoms with Crippen LogP contribution in [0, 0.1) is 13.8 Å².